The van der Waals surface area contributed by atoms with E-state index in [0.29, 0.717) is 27.0 Å². The number of hydrogen-bond donors (Lipinski definition) is 3. The number of thiocarbonyl (C=S) groups is 1. The Kier molecular flexibility index (Phi) is 4.42. The molecule has 0 bridgehead atoms. The Hall–Kier alpha value is -1.84. The Morgan fingerprint density at radius 1 is 1.65 bits per heavy atom. The number of aliphatic hydroxyl groups is 1. The van der Waals surface area contributed by atoms with Gasteiger partial charge in [0.05, 0.1) is 21.2 Å². The second kappa shape index (κ2) is 6.07. The average molecular weight is 312 g/mol. The van der Waals surface area contributed by atoms with E-state index in [1.54, 1.807) is 13.0 Å². The minimum Gasteiger partial charge on any atom is -0.392 e. The van der Waals surface area contributed by atoms with E-state index in [2.05, 4.69) is 15.6 Å². The van der Waals surface area contributed by atoms with Crippen molar-refractivity contribution >= 4 is 49.7 Å². The minimum absolute atomic E-state index is 0.0301. The molecule has 2 rings (SSSR count). The highest BCUT2D eigenvalue weighted by Crippen LogP contribution is 2.28. The van der Waals surface area contributed by atoms with Crippen LogP contribution >= 0.6 is 23.6 Å². The summed E-state index contributed by atoms with van der Waals surface area (Å²) < 4.78 is 0.708. The Balaban J connectivity index is 2.11. The zero-order chi connectivity index (χ0) is 14.7. The van der Waals surface area contributed by atoms with E-state index in [4.69, 9.17) is 17.3 Å². The van der Waals surface area contributed by atoms with Crippen molar-refractivity contribution in [2.75, 3.05) is 11.9 Å². The molecule has 0 fully saturated rings. The van der Waals surface area contributed by atoms with Crippen molar-refractivity contribution in [3.63, 3.8) is 0 Å². The summed E-state index contributed by atoms with van der Waals surface area (Å²) in [4.78, 5) is 14.5. The lowest BCUT2D eigenvalue weighted by molar-refractivity contribution is -0.384. The van der Waals surface area contributed by atoms with Crippen molar-refractivity contribution in [1.29, 1.82) is 0 Å². The van der Waals surface area contributed by atoms with Crippen LogP contribution in [0.3, 0.4) is 0 Å². The van der Waals surface area contributed by atoms with Crippen molar-refractivity contribution in [2.24, 2.45) is 0 Å². The molecule has 106 valence electrons. The van der Waals surface area contributed by atoms with Gasteiger partial charge < -0.3 is 15.7 Å². The van der Waals surface area contributed by atoms with Crippen LogP contribution in [0, 0.1) is 10.1 Å². The lowest BCUT2D eigenvalue weighted by Gasteiger charge is -2.09. The number of thiazole rings is 1. The van der Waals surface area contributed by atoms with Crippen LogP contribution in [0.1, 0.15) is 6.92 Å². The minimum atomic E-state index is -0.507. The number of aliphatic hydroxyl groups excluding tert-OH is 1. The van der Waals surface area contributed by atoms with Gasteiger partial charge in [0.15, 0.2) is 10.2 Å². The van der Waals surface area contributed by atoms with Gasteiger partial charge in [-0.2, -0.15) is 0 Å². The molecule has 1 heterocycles. The molecule has 0 unspecified atom stereocenters. The molecule has 0 amide bonds. The van der Waals surface area contributed by atoms with E-state index in [-0.39, 0.29) is 5.69 Å². The lowest BCUT2D eigenvalue weighted by Crippen LogP contribution is -2.33. The summed E-state index contributed by atoms with van der Waals surface area (Å²) in [7, 11) is 0. The van der Waals surface area contributed by atoms with E-state index in [0.717, 1.165) is 0 Å². The molecule has 9 heteroatoms. The maximum Gasteiger partial charge on any atom is 0.270 e. The van der Waals surface area contributed by atoms with Crippen LogP contribution in [0.2, 0.25) is 0 Å². The first-order valence-corrected chi connectivity index (χ1v) is 6.96. The number of fused-ring (bicyclic) bond motifs is 1. The first-order valence-electron chi connectivity index (χ1n) is 5.73. The SMILES string of the molecule is C[C@@H](O)CNC(=S)Nc1nc2ccc([N+](=O)[O-])cc2s1. The third kappa shape index (κ3) is 3.59. The van der Waals surface area contributed by atoms with Crippen molar-refractivity contribution in [3.05, 3.63) is 28.3 Å². The lowest BCUT2D eigenvalue weighted by atomic mass is 10.3. The number of nitrogens with zero attached hydrogens (tertiary/aromatic N) is 2. The molecule has 1 aromatic heterocycles. The first-order chi connectivity index (χ1) is 9.45. The van der Waals surface area contributed by atoms with Gasteiger partial charge in [-0.15, -0.1) is 0 Å². The second-order valence-corrected chi connectivity index (χ2v) is 5.55. The summed E-state index contributed by atoms with van der Waals surface area (Å²) in [5.74, 6) is 0. The summed E-state index contributed by atoms with van der Waals surface area (Å²) >= 11 is 6.33. The highest BCUT2D eigenvalue weighted by atomic mass is 32.1. The number of nitro groups is 1. The summed E-state index contributed by atoms with van der Waals surface area (Å²) in [5, 5.41) is 26.4. The van der Waals surface area contributed by atoms with E-state index in [1.165, 1.54) is 23.5 Å². The van der Waals surface area contributed by atoms with Crippen molar-refractivity contribution in [2.45, 2.75) is 13.0 Å². The van der Waals surface area contributed by atoms with Gasteiger partial charge in [0.2, 0.25) is 0 Å². The zero-order valence-corrected chi connectivity index (χ0v) is 12.1. The van der Waals surface area contributed by atoms with Gasteiger partial charge in [0.1, 0.15) is 0 Å². The monoisotopic (exact) mass is 312 g/mol. The molecule has 0 aliphatic heterocycles. The molecular formula is C11H12N4O3S2. The highest BCUT2D eigenvalue weighted by Gasteiger charge is 2.11. The van der Waals surface area contributed by atoms with Gasteiger partial charge in [-0.3, -0.25) is 10.1 Å². The van der Waals surface area contributed by atoms with Gasteiger partial charge in [-0.25, -0.2) is 4.98 Å². The standard InChI is InChI=1S/C11H12N4O3S2/c1-6(16)5-12-10(19)14-11-13-8-3-2-7(15(17)18)4-9(8)20-11/h2-4,6,16H,5H2,1H3,(H2,12,13,14,19)/t6-/m1/s1. The molecule has 7 nitrogen and oxygen atoms in total. The maximum atomic E-state index is 10.7. The van der Waals surface area contributed by atoms with Crippen LogP contribution in [0.25, 0.3) is 10.2 Å². The van der Waals surface area contributed by atoms with E-state index >= 15 is 0 Å². The number of rotatable bonds is 4. The Morgan fingerprint density at radius 3 is 3.05 bits per heavy atom. The number of nitro benzene ring substituents is 1. The van der Waals surface area contributed by atoms with Crippen LogP contribution in [-0.4, -0.2) is 32.8 Å². The Bertz CT molecular complexity index is 656. The van der Waals surface area contributed by atoms with Crippen LogP contribution in [-0.2, 0) is 0 Å². The molecule has 3 N–H and O–H groups in total. The fraction of sp³-hybridized carbons (Fsp3) is 0.273. The normalized spacial score (nSPS) is 12.1. The second-order valence-electron chi connectivity index (χ2n) is 4.11. The maximum absolute atomic E-state index is 10.7. The number of nitrogens with one attached hydrogen (secondary N) is 2. The fourth-order valence-corrected chi connectivity index (χ4v) is 2.61. The molecular weight excluding hydrogens is 300 g/mol. The van der Waals surface area contributed by atoms with Gasteiger partial charge in [-0.1, -0.05) is 11.3 Å². The Labute approximate surface area is 123 Å². The largest absolute Gasteiger partial charge is 0.392 e. The average Bonchev–Trinajstić information content (AvgIpc) is 2.77. The Morgan fingerprint density at radius 2 is 2.40 bits per heavy atom. The molecule has 0 spiro atoms. The molecule has 1 atom stereocenters. The predicted molar refractivity (Wildman–Crippen MR) is 82.2 cm³/mol. The third-order valence-electron chi connectivity index (χ3n) is 2.36. The summed E-state index contributed by atoms with van der Waals surface area (Å²) in [6.07, 6.45) is -0.507. The van der Waals surface area contributed by atoms with Gasteiger partial charge in [0.25, 0.3) is 5.69 Å². The quantitative estimate of drug-likeness (QED) is 0.450. The van der Waals surface area contributed by atoms with Gasteiger partial charge in [0, 0.05) is 18.7 Å². The first kappa shape index (κ1) is 14.6. The van der Waals surface area contributed by atoms with E-state index in [9.17, 15) is 10.1 Å². The number of anilines is 1. The molecule has 0 saturated carbocycles. The molecule has 2 aromatic rings. The van der Waals surface area contributed by atoms with Crippen molar-refractivity contribution in [3.8, 4) is 0 Å². The molecule has 0 radical (unpaired) electrons. The van der Waals surface area contributed by atoms with E-state index in [1.807, 2.05) is 0 Å². The molecule has 0 aliphatic carbocycles. The molecule has 0 saturated heterocycles. The van der Waals surface area contributed by atoms with Crippen LogP contribution in [0.5, 0.6) is 0 Å². The van der Waals surface area contributed by atoms with Crippen molar-refractivity contribution in [1.82, 2.24) is 10.3 Å². The van der Waals surface area contributed by atoms with Gasteiger partial charge in [-0.05, 0) is 25.2 Å². The summed E-state index contributed by atoms with van der Waals surface area (Å²) in [6, 6.07) is 4.49. The van der Waals surface area contributed by atoms with Gasteiger partial charge >= 0.3 is 0 Å². The van der Waals surface area contributed by atoms with Crippen molar-refractivity contribution < 1.29 is 10.0 Å². The zero-order valence-electron chi connectivity index (χ0n) is 10.5. The summed E-state index contributed by atoms with van der Waals surface area (Å²) in [6.45, 7) is 1.98. The number of aromatic nitrogens is 1. The number of hydrogen-bond acceptors (Lipinski definition) is 6. The molecule has 1 aromatic carbocycles. The third-order valence-corrected chi connectivity index (χ3v) is 3.54. The van der Waals surface area contributed by atoms with Crippen LogP contribution in [0.4, 0.5) is 10.8 Å². The predicted octanol–water partition coefficient (Wildman–Crippen LogP) is 1.87. The molecule has 20 heavy (non-hydrogen) atoms. The van der Waals surface area contributed by atoms with E-state index < -0.39 is 11.0 Å². The molecule has 0 aliphatic rings. The number of non-ortho nitro benzene ring substituents is 1. The number of benzene rings is 1. The highest BCUT2D eigenvalue weighted by molar-refractivity contribution is 7.80. The van der Waals surface area contributed by atoms with Crippen LogP contribution < -0.4 is 10.6 Å². The van der Waals surface area contributed by atoms with Crippen LogP contribution in [0.15, 0.2) is 18.2 Å². The fourth-order valence-electron chi connectivity index (χ4n) is 1.46. The summed E-state index contributed by atoms with van der Waals surface area (Å²) in [5.41, 5.74) is 0.698. The smallest absolute Gasteiger partial charge is 0.270 e. The topological polar surface area (TPSA) is 100 Å².